The minimum absolute atomic E-state index is 0.0595. The Morgan fingerprint density at radius 1 is 0.926 bits per heavy atom. The molecule has 1 aromatic carbocycles. The fraction of sp³-hybridized carbons (Fsp3) is 0.118. The van der Waals surface area contributed by atoms with Crippen LogP contribution < -0.4 is 0 Å². The zero-order valence-electron chi connectivity index (χ0n) is 13.3. The van der Waals surface area contributed by atoms with Crippen LogP contribution in [0.5, 0.6) is 0 Å². The van der Waals surface area contributed by atoms with Crippen LogP contribution in [0.1, 0.15) is 26.3 Å². The Morgan fingerprint density at radius 3 is 2.04 bits per heavy atom. The molecule has 1 atom stereocenters. The standard InChI is InChI=1S/C17H10O9S/c18-13-8-2-5-1-6(14(19)20)7(15(21)22)3-10(5)27-11(8)4-9(16(23)24)12(13)17(25)26/h1,3-4,12H,2H2,(H,19,20)(H,21,22)(H,23,24)(H,25,26). The van der Waals surface area contributed by atoms with Crippen LogP contribution in [-0.2, 0) is 20.8 Å². The fourth-order valence-corrected chi connectivity index (χ4v) is 4.12. The van der Waals surface area contributed by atoms with Crippen molar-refractivity contribution < 1.29 is 44.4 Å². The Labute approximate surface area is 154 Å². The van der Waals surface area contributed by atoms with Crippen molar-refractivity contribution in [3.8, 4) is 0 Å². The van der Waals surface area contributed by atoms with Crippen molar-refractivity contribution in [2.75, 3.05) is 0 Å². The quantitative estimate of drug-likeness (QED) is 0.550. The molecule has 0 bridgehead atoms. The number of carboxylic acid groups (broad SMARTS) is 4. The summed E-state index contributed by atoms with van der Waals surface area (Å²) in [5.41, 5.74) is -1.06. The van der Waals surface area contributed by atoms with E-state index >= 15 is 0 Å². The number of fused-ring (bicyclic) bond motifs is 1. The fourth-order valence-electron chi connectivity index (χ4n) is 2.96. The average molecular weight is 390 g/mol. The van der Waals surface area contributed by atoms with Gasteiger partial charge in [-0.25, -0.2) is 14.4 Å². The van der Waals surface area contributed by atoms with Gasteiger partial charge in [-0.05, 0) is 23.8 Å². The maximum absolute atomic E-state index is 12.6. The van der Waals surface area contributed by atoms with Crippen molar-refractivity contribution in [2.24, 2.45) is 5.92 Å². The number of benzene rings is 1. The van der Waals surface area contributed by atoms with Crippen LogP contribution in [0, 0.1) is 5.92 Å². The molecule has 1 aliphatic heterocycles. The molecule has 2 aliphatic rings. The van der Waals surface area contributed by atoms with E-state index in [1.807, 2.05) is 0 Å². The number of hydrogen-bond acceptors (Lipinski definition) is 6. The molecule has 0 spiro atoms. The Hall–Kier alpha value is -3.40. The second kappa shape index (κ2) is 6.40. The molecule has 0 saturated carbocycles. The summed E-state index contributed by atoms with van der Waals surface area (Å²) in [5.74, 6) is -8.76. The predicted octanol–water partition coefficient (Wildman–Crippen LogP) is 1.28. The summed E-state index contributed by atoms with van der Waals surface area (Å²) in [5, 5.41) is 36.9. The van der Waals surface area contributed by atoms with Crippen molar-refractivity contribution in [1.29, 1.82) is 0 Å². The Kier molecular flexibility index (Phi) is 4.36. The summed E-state index contributed by atoms with van der Waals surface area (Å²) < 4.78 is 0. The first kappa shape index (κ1) is 18.4. The van der Waals surface area contributed by atoms with Crippen molar-refractivity contribution in [2.45, 2.75) is 11.3 Å². The Morgan fingerprint density at radius 2 is 1.52 bits per heavy atom. The lowest BCUT2D eigenvalue weighted by molar-refractivity contribution is -0.147. The van der Waals surface area contributed by atoms with E-state index in [1.54, 1.807) is 0 Å². The highest BCUT2D eigenvalue weighted by atomic mass is 32.2. The molecule has 0 amide bonds. The number of thioether (sulfide) groups is 1. The van der Waals surface area contributed by atoms with Gasteiger partial charge in [0, 0.05) is 21.8 Å². The molecule has 0 fully saturated rings. The van der Waals surface area contributed by atoms with Crippen LogP contribution in [-0.4, -0.2) is 50.1 Å². The third-order valence-electron chi connectivity index (χ3n) is 4.20. The first-order valence-electron chi connectivity index (χ1n) is 7.38. The molecule has 1 aliphatic carbocycles. The summed E-state index contributed by atoms with van der Waals surface area (Å²) in [6, 6.07) is 2.29. The lowest BCUT2D eigenvalue weighted by Gasteiger charge is -2.27. The minimum atomic E-state index is -1.85. The Balaban J connectivity index is 2.14. The summed E-state index contributed by atoms with van der Waals surface area (Å²) in [4.78, 5) is 58.5. The van der Waals surface area contributed by atoms with Gasteiger partial charge in [-0.3, -0.25) is 9.59 Å². The van der Waals surface area contributed by atoms with Crippen LogP contribution in [0.3, 0.4) is 0 Å². The summed E-state index contributed by atoms with van der Waals surface area (Å²) >= 11 is 0.901. The molecular formula is C17H10O9S. The van der Waals surface area contributed by atoms with Crippen molar-refractivity contribution in [1.82, 2.24) is 0 Å². The van der Waals surface area contributed by atoms with Gasteiger partial charge in [0.2, 0.25) is 0 Å². The van der Waals surface area contributed by atoms with Gasteiger partial charge in [0.1, 0.15) is 0 Å². The summed E-state index contributed by atoms with van der Waals surface area (Å²) in [7, 11) is 0. The van der Waals surface area contributed by atoms with Crippen molar-refractivity contribution in [3.05, 3.63) is 51.0 Å². The van der Waals surface area contributed by atoms with E-state index in [4.69, 9.17) is 0 Å². The molecule has 3 rings (SSSR count). The van der Waals surface area contributed by atoms with Crippen LogP contribution in [0.25, 0.3) is 0 Å². The molecule has 0 aromatic heterocycles. The molecule has 4 N–H and O–H groups in total. The van der Waals surface area contributed by atoms with Crippen LogP contribution in [0.2, 0.25) is 0 Å². The van der Waals surface area contributed by atoms with Crippen LogP contribution in [0.4, 0.5) is 0 Å². The second-order valence-corrected chi connectivity index (χ2v) is 6.86. The van der Waals surface area contributed by atoms with E-state index in [9.17, 15) is 44.4 Å². The summed E-state index contributed by atoms with van der Waals surface area (Å²) in [6.45, 7) is 0. The molecule has 0 radical (unpaired) electrons. The van der Waals surface area contributed by atoms with Gasteiger partial charge in [0.25, 0.3) is 0 Å². The van der Waals surface area contributed by atoms with Gasteiger partial charge in [0.15, 0.2) is 11.7 Å². The summed E-state index contributed by atoms with van der Waals surface area (Å²) in [6.07, 6.45) is 0.973. The number of aliphatic carboxylic acids is 2. The number of hydrogen-bond donors (Lipinski definition) is 4. The largest absolute Gasteiger partial charge is 0.480 e. The van der Waals surface area contributed by atoms with Crippen LogP contribution in [0.15, 0.2) is 39.2 Å². The number of carbonyl (C=O) groups is 5. The van der Waals surface area contributed by atoms with E-state index in [0.29, 0.717) is 10.5 Å². The number of carbonyl (C=O) groups excluding carboxylic acids is 1. The smallest absolute Gasteiger partial charge is 0.336 e. The zero-order chi connectivity index (χ0) is 20.0. The molecular weight excluding hydrogens is 380 g/mol. The lowest BCUT2D eigenvalue weighted by Crippen LogP contribution is -2.34. The topological polar surface area (TPSA) is 166 Å². The van der Waals surface area contributed by atoms with Crippen molar-refractivity contribution in [3.63, 3.8) is 0 Å². The van der Waals surface area contributed by atoms with Gasteiger partial charge < -0.3 is 20.4 Å². The first-order valence-corrected chi connectivity index (χ1v) is 8.19. The third kappa shape index (κ3) is 2.99. The normalized spacial score (nSPS) is 18.3. The van der Waals surface area contributed by atoms with Gasteiger partial charge in [0.05, 0.1) is 16.7 Å². The zero-order valence-corrected chi connectivity index (χ0v) is 14.1. The molecule has 10 heteroatoms. The molecule has 9 nitrogen and oxygen atoms in total. The molecule has 1 aromatic rings. The molecule has 1 unspecified atom stereocenters. The molecule has 27 heavy (non-hydrogen) atoms. The maximum Gasteiger partial charge on any atom is 0.336 e. The predicted molar refractivity (Wildman–Crippen MR) is 88.8 cm³/mol. The number of rotatable bonds is 4. The van der Waals surface area contributed by atoms with E-state index < -0.39 is 52.3 Å². The van der Waals surface area contributed by atoms with E-state index in [2.05, 4.69) is 0 Å². The highest BCUT2D eigenvalue weighted by molar-refractivity contribution is 8.03. The number of ketones is 1. The first-order chi connectivity index (χ1) is 12.6. The van der Waals surface area contributed by atoms with Gasteiger partial charge in [-0.2, -0.15) is 0 Å². The SMILES string of the molecule is O=C(O)C1=CC2=C(Cc3cc(C(=O)O)c(C(=O)O)cc3S2)C(=O)C1C(=O)O. The van der Waals surface area contributed by atoms with Gasteiger partial charge in [-0.1, -0.05) is 11.8 Å². The molecule has 0 saturated heterocycles. The maximum atomic E-state index is 12.6. The monoisotopic (exact) mass is 390 g/mol. The number of Topliss-reactive ketones (excluding diaryl/α,β-unsaturated/α-hetero) is 1. The van der Waals surface area contributed by atoms with E-state index in [-0.39, 0.29) is 16.9 Å². The third-order valence-corrected chi connectivity index (χ3v) is 5.38. The number of carboxylic acids is 4. The lowest BCUT2D eigenvalue weighted by atomic mass is 9.83. The van der Waals surface area contributed by atoms with E-state index in [1.165, 1.54) is 0 Å². The Bertz CT molecular complexity index is 1020. The molecule has 1 heterocycles. The average Bonchev–Trinajstić information content (AvgIpc) is 2.58. The van der Waals surface area contributed by atoms with Crippen molar-refractivity contribution >= 4 is 41.4 Å². The highest BCUT2D eigenvalue weighted by Crippen LogP contribution is 2.44. The molecule has 138 valence electrons. The number of allylic oxidation sites excluding steroid dienone is 2. The minimum Gasteiger partial charge on any atom is -0.480 e. The second-order valence-electron chi connectivity index (χ2n) is 5.78. The highest BCUT2D eigenvalue weighted by Gasteiger charge is 2.41. The van der Waals surface area contributed by atoms with Crippen LogP contribution >= 0.6 is 11.8 Å². The van der Waals surface area contributed by atoms with Gasteiger partial charge in [-0.15, -0.1) is 0 Å². The number of aromatic carboxylic acids is 2. The van der Waals surface area contributed by atoms with Gasteiger partial charge >= 0.3 is 23.9 Å². The van der Waals surface area contributed by atoms with E-state index in [0.717, 1.165) is 30.0 Å².